The number of halogens is 2. The van der Waals surface area contributed by atoms with Crippen molar-refractivity contribution in [3.05, 3.63) is 26.5 Å². The summed E-state index contributed by atoms with van der Waals surface area (Å²) in [5.41, 5.74) is 0. The number of hydrogen-bond donors (Lipinski definition) is 1. The highest BCUT2D eigenvalue weighted by Gasteiger charge is 2.08. The Hall–Kier alpha value is 0.490. The highest BCUT2D eigenvalue weighted by molar-refractivity contribution is 9.11. The van der Waals surface area contributed by atoms with Gasteiger partial charge in [0, 0.05) is 19.5 Å². The van der Waals surface area contributed by atoms with Crippen molar-refractivity contribution >= 4 is 65.9 Å². The fraction of sp³-hybridized carbons (Fsp3) is 0. The quantitative estimate of drug-likeness (QED) is 0.667. The van der Waals surface area contributed by atoms with Crippen LogP contribution < -0.4 is 0 Å². The van der Waals surface area contributed by atoms with E-state index in [2.05, 4.69) is 50.6 Å². The molecular formula is C8H4Br2S2. The molecule has 0 N–H and O–H groups in total. The number of fused-ring (bicyclic) bond motifs is 1. The van der Waals surface area contributed by atoms with Gasteiger partial charge >= 0.3 is 0 Å². The van der Waals surface area contributed by atoms with Crippen molar-refractivity contribution in [1.29, 1.82) is 0 Å². The van der Waals surface area contributed by atoms with E-state index in [1.165, 1.54) is 10.1 Å². The van der Waals surface area contributed by atoms with Crippen molar-refractivity contribution in [3.63, 3.8) is 0 Å². The third kappa shape index (κ3) is 1.35. The van der Waals surface area contributed by atoms with E-state index in [9.17, 15) is 0 Å². The molecular weight excluding hydrogens is 320 g/mol. The van der Waals surface area contributed by atoms with Crippen LogP contribution >= 0.6 is 55.8 Å². The summed E-state index contributed by atoms with van der Waals surface area (Å²) in [6, 6.07) is 6.15. The van der Waals surface area contributed by atoms with Crippen molar-refractivity contribution < 1.29 is 0 Å². The van der Waals surface area contributed by atoms with E-state index in [1.807, 2.05) is 12.1 Å². The lowest BCUT2D eigenvalue weighted by atomic mass is 10.3. The molecule has 0 aliphatic rings. The number of thiol groups is 1. The number of hydrogen-bond acceptors (Lipinski definition) is 2. The molecule has 0 nitrogen and oxygen atoms in total. The molecule has 2 aromatic rings. The minimum Gasteiger partial charge on any atom is -0.141 e. The fourth-order valence-electron chi connectivity index (χ4n) is 1.06. The molecule has 1 aromatic carbocycles. The maximum atomic E-state index is 4.42. The topological polar surface area (TPSA) is 0 Å². The van der Waals surface area contributed by atoms with Crippen LogP contribution in [0.5, 0.6) is 0 Å². The molecule has 0 fully saturated rings. The Bertz CT molecular complexity index is 434. The second kappa shape index (κ2) is 3.33. The van der Waals surface area contributed by atoms with Gasteiger partial charge in [0.05, 0.1) is 3.79 Å². The molecule has 0 amide bonds. The van der Waals surface area contributed by atoms with Crippen LogP contribution in [0.3, 0.4) is 0 Å². The molecule has 0 radical (unpaired) electrons. The molecule has 4 heteroatoms. The van der Waals surface area contributed by atoms with Crippen molar-refractivity contribution in [1.82, 2.24) is 0 Å². The Balaban J connectivity index is 2.97. The average molecular weight is 324 g/mol. The van der Waals surface area contributed by atoms with Gasteiger partial charge in [-0.1, -0.05) is 22.0 Å². The average Bonchev–Trinajstić information content (AvgIpc) is 2.29. The van der Waals surface area contributed by atoms with Gasteiger partial charge in [0.1, 0.15) is 0 Å². The molecule has 1 heterocycles. The summed E-state index contributed by atoms with van der Waals surface area (Å²) in [6.07, 6.45) is 0. The summed E-state index contributed by atoms with van der Waals surface area (Å²) < 4.78 is 3.45. The maximum Gasteiger partial charge on any atom is 0.0844 e. The Morgan fingerprint density at radius 1 is 1.25 bits per heavy atom. The third-order valence-electron chi connectivity index (χ3n) is 1.60. The molecule has 0 bridgehead atoms. The highest BCUT2D eigenvalue weighted by atomic mass is 79.9. The van der Waals surface area contributed by atoms with Crippen molar-refractivity contribution in [2.75, 3.05) is 0 Å². The summed E-state index contributed by atoms with van der Waals surface area (Å²) in [6.45, 7) is 0. The van der Waals surface area contributed by atoms with Gasteiger partial charge in [-0.3, -0.25) is 0 Å². The van der Waals surface area contributed by atoms with Crippen LogP contribution in [0.1, 0.15) is 0 Å². The molecule has 0 spiro atoms. The van der Waals surface area contributed by atoms with Crippen LogP contribution in [0, 0.1) is 0 Å². The minimum absolute atomic E-state index is 1.02. The minimum atomic E-state index is 1.02. The zero-order chi connectivity index (χ0) is 8.72. The van der Waals surface area contributed by atoms with E-state index < -0.39 is 0 Å². The smallest absolute Gasteiger partial charge is 0.0844 e. The molecule has 62 valence electrons. The Morgan fingerprint density at radius 2 is 2.00 bits per heavy atom. The van der Waals surface area contributed by atoms with Gasteiger partial charge < -0.3 is 0 Å². The Labute approximate surface area is 96.6 Å². The van der Waals surface area contributed by atoms with Crippen molar-refractivity contribution in [2.45, 2.75) is 4.90 Å². The zero-order valence-electron chi connectivity index (χ0n) is 5.84. The van der Waals surface area contributed by atoms with Crippen LogP contribution in [0.15, 0.2) is 31.4 Å². The lowest BCUT2D eigenvalue weighted by molar-refractivity contribution is 1.61. The second-order valence-corrected chi connectivity index (χ2v) is 6.01. The molecule has 1 aromatic heterocycles. The first kappa shape index (κ1) is 9.06. The number of benzene rings is 1. The lowest BCUT2D eigenvalue weighted by Crippen LogP contribution is -1.67. The molecule has 0 saturated heterocycles. The summed E-state index contributed by atoms with van der Waals surface area (Å²) in [7, 11) is 0. The first-order valence-corrected chi connectivity index (χ1v) is 6.10. The predicted octanol–water partition coefficient (Wildman–Crippen LogP) is 4.72. The van der Waals surface area contributed by atoms with Gasteiger partial charge in [-0.25, -0.2) is 0 Å². The molecule has 0 aliphatic carbocycles. The normalized spacial score (nSPS) is 10.9. The fourth-order valence-corrected chi connectivity index (χ4v) is 3.94. The molecule has 0 atom stereocenters. The molecule has 0 saturated carbocycles. The Morgan fingerprint density at radius 3 is 2.67 bits per heavy atom. The third-order valence-corrected chi connectivity index (χ3v) is 4.99. The Kier molecular flexibility index (Phi) is 2.51. The second-order valence-electron chi connectivity index (χ2n) is 2.34. The maximum absolute atomic E-state index is 4.42. The van der Waals surface area contributed by atoms with Gasteiger partial charge in [-0.05, 0) is 28.1 Å². The van der Waals surface area contributed by atoms with E-state index in [0.29, 0.717) is 0 Å². The van der Waals surface area contributed by atoms with Gasteiger partial charge in [0.15, 0.2) is 0 Å². The standard InChI is InChI=1S/C8H4Br2S2/c9-4-2-1-3-5-6(4)7(11)8(10)12-5/h1-3,11H. The molecule has 2 rings (SSSR count). The van der Waals surface area contributed by atoms with Crippen LogP contribution in [-0.2, 0) is 0 Å². The van der Waals surface area contributed by atoms with E-state index in [0.717, 1.165) is 13.2 Å². The SMILES string of the molecule is Sc1c(Br)sc2cccc(Br)c12. The number of thiophene rings is 1. The van der Waals surface area contributed by atoms with Crippen molar-refractivity contribution in [2.24, 2.45) is 0 Å². The molecule has 0 aliphatic heterocycles. The van der Waals surface area contributed by atoms with E-state index in [4.69, 9.17) is 0 Å². The van der Waals surface area contributed by atoms with Gasteiger partial charge in [-0.2, -0.15) is 0 Å². The molecule has 0 unspecified atom stereocenters. The summed E-state index contributed by atoms with van der Waals surface area (Å²) in [4.78, 5) is 1.02. The van der Waals surface area contributed by atoms with Crippen LogP contribution in [0.2, 0.25) is 0 Å². The highest BCUT2D eigenvalue weighted by Crippen LogP contribution is 2.41. The van der Waals surface area contributed by atoms with E-state index in [-0.39, 0.29) is 0 Å². The largest absolute Gasteiger partial charge is 0.141 e. The van der Waals surface area contributed by atoms with E-state index >= 15 is 0 Å². The summed E-state index contributed by atoms with van der Waals surface area (Å²) >= 11 is 13.1. The van der Waals surface area contributed by atoms with Gasteiger partial charge in [0.2, 0.25) is 0 Å². The van der Waals surface area contributed by atoms with Crippen LogP contribution in [0.4, 0.5) is 0 Å². The summed E-state index contributed by atoms with van der Waals surface area (Å²) in [5, 5.41) is 1.19. The first-order chi connectivity index (χ1) is 5.70. The lowest BCUT2D eigenvalue weighted by Gasteiger charge is -1.93. The van der Waals surface area contributed by atoms with E-state index in [1.54, 1.807) is 11.3 Å². The molecule has 12 heavy (non-hydrogen) atoms. The van der Waals surface area contributed by atoms with Gasteiger partial charge in [0.25, 0.3) is 0 Å². The number of rotatable bonds is 0. The first-order valence-electron chi connectivity index (χ1n) is 3.25. The predicted molar refractivity (Wildman–Crippen MR) is 64.5 cm³/mol. The van der Waals surface area contributed by atoms with Crippen LogP contribution in [0.25, 0.3) is 10.1 Å². The van der Waals surface area contributed by atoms with Gasteiger partial charge in [-0.15, -0.1) is 24.0 Å². The van der Waals surface area contributed by atoms with Crippen molar-refractivity contribution in [3.8, 4) is 0 Å². The monoisotopic (exact) mass is 322 g/mol. The summed E-state index contributed by atoms with van der Waals surface area (Å²) in [5.74, 6) is 0. The van der Waals surface area contributed by atoms with Crippen LogP contribution in [-0.4, -0.2) is 0 Å². The zero-order valence-corrected chi connectivity index (χ0v) is 10.7.